The van der Waals surface area contributed by atoms with E-state index >= 15 is 0 Å². The van der Waals surface area contributed by atoms with Crippen LogP contribution in [0.2, 0.25) is 0 Å². The van der Waals surface area contributed by atoms with Crippen molar-refractivity contribution in [3.63, 3.8) is 0 Å². The maximum atomic E-state index is 12.2. The first-order chi connectivity index (χ1) is 11.7. The summed E-state index contributed by atoms with van der Waals surface area (Å²) in [5, 5.41) is 4.05. The number of hydrogen-bond acceptors (Lipinski definition) is 3. The molecule has 1 aliphatic rings. The number of likely N-dealkylation sites (tertiary alicyclic amines) is 1. The van der Waals surface area contributed by atoms with Crippen LogP contribution in [-0.2, 0) is 0 Å². The molecule has 24 heavy (non-hydrogen) atoms. The van der Waals surface area contributed by atoms with Crippen molar-refractivity contribution in [2.45, 2.75) is 32.6 Å². The summed E-state index contributed by atoms with van der Waals surface area (Å²) < 4.78 is 0. The number of para-hydroxylation sites is 1. The third-order valence-corrected chi connectivity index (χ3v) is 4.76. The smallest absolute Gasteiger partial charge is 0.269 e. The van der Waals surface area contributed by atoms with Gasteiger partial charge in [0.25, 0.3) is 5.91 Å². The van der Waals surface area contributed by atoms with Crippen molar-refractivity contribution in [3.05, 3.63) is 42.1 Å². The van der Waals surface area contributed by atoms with E-state index in [0.717, 1.165) is 42.8 Å². The highest BCUT2D eigenvalue weighted by atomic mass is 16.1. The van der Waals surface area contributed by atoms with Gasteiger partial charge in [-0.2, -0.15) is 0 Å². The van der Waals surface area contributed by atoms with Crippen LogP contribution in [0, 0.1) is 5.92 Å². The quantitative estimate of drug-likeness (QED) is 0.827. The zero-order valence-corrected chi connectivity index (χ0v) is 14.5. The van der Waals surface area contributed by atoms with E-state index in [4.69, 9.17) is 0 Å². The Balaban J connectivity index is 1.40. The molecule has 3 rings (SSSR count). The van der Waals surface area contributed by atoms with Crippen molar-refractivity contribution in [2.75, 3.05) is 26.2 Å². The van der Waals surface area contributed by atoms with Gasteiger partial charge in [0, 0.05) is 18.5 Å². The molecule has 0 aliphatic carbocycles. The Kier molecular flexibility index (Phi) is 5.81. The van der Waals surface area contributed by atoms with E-state index in [1.54, 1.807) is 6.07 Å². The number of nitrogens with zero attached hydrogens (tertiary/aromatic N) is 2. The van der Waals surface area contributed by atoms with E-state index in [1.165, 1.54) is 25.9 Å². The van der Waals surface area contributed by atoms with Crippen molar-refractivity contribution in [1.82, 2.24) is 15.2 Å². The number of carbonyl (C=O) groups is 1. The first-order valence-electron chi connectivity index (χ1n) is 9.09. The fraction of sp³-hybridized carbons (Fsp3) is 0.500. The Morgan fingerprint density at radius 1 is 1.25 bits per heavy atom. The van der Waals surface area contributed by atoms with Crippen LogP contribution >= 0.6 is 0 Å². The molecule has 0 radical (unpaired) electrons. The lowest BCUT2D eigenvalue weighted by Gasteiger charge is -2.30. The van der Waals surface area contributed by atoms with Gasteiger partial charge in [-0.3, -0.25) is 4.79 Å². The molecule has 0 bridgehead atoms. The zero-order valence-electron chi connectivity index (χ0n) is 14.5. The second kappa shape index (κ2) is 8.25. The topological polar surface area (TPSA) is 45.2 Å². The molecule has 1 atom stereocenters. The van der Waals surface area contributed by atoms with Crippen molar-refractivity contribution < 1.29 is 4.79 Å². The third kappa shape index (κ3) is 4.54. The number of fused-ring (bicyclic) bond motifs is 1. The van der Waals surface area contributed by atoms with Gasteiger partial charge in [-0.15, -0.1) is 0 Å². The standard InChI is InChI=1S/C20H27N3O/c1-16-7-6-14-23(15-16)13-5-4-12-21-20(24)19-11-10-17-8-2-3-9-18(17)22-19/h2-3,8-11,16H,4-7,12-15H2,1H3,(H,21,24)/t16-/m0/s1. The molecule has 0 saturated carbocycles. The number of pyridine rings is 1. The van der Waals surface area contributed by atoms with Crippen LogP contribution in [0.1, 0.15) is 43.1 Å². The van der Waals surface area contributed by atoms with Crippen molar-refractivity contribution in [2.24, 2.45) is 5.92 Å². The first kappa shape index (κ1) is 16.9. The molecule has 1 aliphatic heterocycles. The largest absolute Gasteiger partial charge is 0.351 e. The van der Waals surface area contributed by atoms with Gasteiger partial charge in [0.05, 0.1) is 5.52 Å². The molecule has 2 aromatic rings. The molecule has 0 spiro atoms. The molecular weight excluding hydrogens is 298 g/mol. The number of amides is 1. The summed E-state index contributed by atoms with van der Waals surface area (Å²) in [6.45, 7) is 6.67. The Labute approximate surface area is 144 Å². The lowest BCUT2D eigenvalue weighted by atomic mass is 10.0. The number of piperidine rings is 1. The summed E-state index contributed by atoms with van der Waals surface area (Å²) >= 11 is 0. The minimum absolute atomic E-state index is 0.0765. The van der Waals surface area contributed by atoms with Crippen LogP contribution in [0.5, 0.6) is 0 Å². The van der Waals surface area contributed by atoms with E-state index < -0.39 is 0 Å². The van der Waals surface area contributed by atoms with Gasteiger partial charge >= 0.3 is 0 Å². The number of rotatable bonds is 6. The van der Waals surface area contributed by atoms with E-state index in [9.17, 15) is 4.79 Å². The number of nitrogens with one attached hydrogen (secondary N) is 1. The summed E-state index contributed by atoms with van der Waals surface area (Å²) in [5.41, 5.74) is 1.36. The molecule has 1 saturated heterocycles. The van der Waals surface area contributed by atoms with Gasteiger partial charge in [-0.1, -0.05) is 31.2 Å². The molecule has 4 heteroatoms. The highest BCUT2D eigenvalue weighted by Crippen LogP contribution is 2.15. The molecule has 128 valence electrons. The van der Waals surface area contributed by atoms with E-state index in [2.05, 4.69) is 22.1 Å². The second-order valence-electron chi connectivity index (χ2n) is 6.90. The number of unbranched alkanes of at least 4 members (excludes halogenated alkanes) is 1. The van der Waals surface area contributed by atoms with Crippen LogP contribution in [0.15, 0.2) is 36.4 Å². The average Bonchev–Trinajstić information content (AvgIpc) is 2.61. The fourth-order valence-corrected chi connectivity index (χ4v) is 3.44. The average molecular weight is 325 g/mol. The van der Waals surface area contributed by atoms with E-state index in [-0.39, 0.29) is 5.91 Å². The molecule has 2 heterocycles. The number of hydrogen-bond donors (Lipinski definition) is 1. The fourth-order valence-electron chi connectivity index (χ4n) is 3.44. The SMILES string of the molecule is C[C@H]1CCCN(CCCCNC(=O)c2ccc3ccccc3n2)C1. The van der Waals surface area contributed by atoms with E-state index in [1.807, 2.05) is 30.3 Å². The summed E-state index contributed by atoms with van der Waals surface area (Å²) in [6.07, 6.45) is 4.85. The molecule has 1 aromatic carbocycles. The molecule has 0 unspecified atom stereocenters. The van der Waals surface area contributed by atoms with Crippen LogP contribution in [0.4, 0.5) is 0 Å². The Morgan fingerprint density at radius 2 is 2.12 bits per heavy atom. The summed E-state index contributed by atoms with van der Waals surface area (Å²) in [5.74, 6) is 0.754. The Hall–Kier alpha value is -1.94. The van der Waals surface area contributed by atoms with Crippen LogP contribution in [0.25, 0.3) is 10.9 Å². The predicted molar refractivity (Wildman–Crippen MR) is 98.1 cm³/mol. The van der Waals surface area contributed by atoms with Crippen molar-refractivity contribution >= 4 is 16.8 Å². The number of aromatic nitrogens is 1. The number of benzene rings is 1. The van der Waals surface area contributed by atoms with Gasteiger partial charge in [0.15, 0.2) is 0 Å². The summed E-state index contributed by atoms with van der Waals surface area (Å²) in [6, 6.07) is 11.6. The second-order valence-corrected chi connectivity index (χ2v) is 6.90. The maximum Gasteiger partial charge on any atom is 0.269 e. The van der Waals surface area contributed by atoms with Crippen LogP contribution in [-0.4, -0.2) is 42.0 Å². The maximum absolute atomic E-state index is 12.2. The molecule has 1 N–H and O–H groups in total. The van der Waals surface area contributed by atoms with Crippen molar-refractivity contribution in [1.29, 1.82) is 0 Å². The van der Waals surface area contributed by atoms with Crippen LogP contribution in [0.3, 0.4) is 0 Å². The van der Waals surface area contributed by atoms with Crippen LogP contribution < -0.4 is 5.32 Å². The summed E-state index contributed by atoms with van der Waals surface area (Å²) in [7, 11) is 0. The molecular formula is C20H27N3O. The monoisotopic (exact) mass is 325 g/mol. The molecule has 4 nitrogen and oxygen atoms in total. The Bertz CT molecular complexity index is 685. The van der Waals surface area contributed by atoms with Gasteiger partial charge in [-0.25, -0.2) is 4.98 Å². The van der Waals surface area contributed by atoms with Gasteiger partial charge in [0.2, 0.25) is 0 Å². The minimum Gasteiger partial charge on any atom is -0.351 e. The molecule has 1 fully saturated rings. The lowest BCUT2D eigenvalue weighted by molar-refractivity contribution is 0.0947. The lowest BCUT2D eigenvalue weighted by Crippen LogP contribution is -2.35. The number of carbonyl (C=O) groups excluding carboxylic acids is 1. The Morgan fingerprint density at radius 3 is 3.00 bits per heavy atom. The predicted octanol–water partition coefficient (Wildman–Crippen LogP) is 3.48. The van der Waals surface area contributed by atoms with Gasteiger partial charge in [-0.05, 0) is 56.8 Å². The van der Waals surface area contributed by atoms with Gasteiger partial charge < -0.3 is 10.2 Å². The van der Waals surface area contributed by atoms with E-state index in [0.29, 0.717) is 5.69 Å². The van der Waals surface area contributed by atoms with Crippen molar-refractivity contribution in [3.8, 4) is 0 Å². The summed E-state index contributed by atoms with van der Waals surface area (Å²) in [4.78, 5) is 19.2. The first-order valence-corrected chi connectivity index (χ1v) is 9.09. The zero-order chi connectivity index (χ0) is 16.8. The molecule has 1 amide bonds. The van der Waals surface area contributed by atoms with Gasteiger partial charge in [0.1, 0.15) is 5.69 Å². The normalized spacial score (nSPS) is 18.6. The third-order valence-electron chi connectivity index (χ3n) is 4.76. The molecule has 1 aromatic heterocycles. The minimum atomic E-state index is -0.0765. The highest BCUT2D eigenvalue weighted by molar-refractivity contribution is 5.94. The highest BCUT2D eigenvalue weighted by Gasteiger charge is 2.15.